The number of aromatic nitrogens is 2. The van der Waals surface area contributed by atoms with E-state index in [9.17, 15) is 9.90 Å². The van der Waals surface area contributed by atoms with Crippen molar-refractivity contribution in [2.45, 2.75) is 12.5 Å². The summed E-state index contributed by atoms with van der Waals surface area (Å²) < 4.78 is 0. The van der Waals surface area contributed by atoms with Gasteiger partial charge in [0.25, 0.3) is 0 Å². The molecule has 7 heteroatoms. The first-order valence-electron chi connectivity index (χ1n) is 5.91. The Hall–Kier alpha value is -1.34. The van der Waals surface area contributed by atoms with Gasteiger partial charge in [-0.3, -0.25) is 4.79 Å². The minimum absolute atomic E-state index is 0.152. The summed E-state index contributed by atoms with van der Waals surface area (Å²) in [5, 5.41) is 12.6. The molecule has 1 aromatic heterocycles. The lowest BCUT2D eigenvalue weighted by atomic mass is 10.1. The standard InChI is InChI=1S/C12H20N4O2S/c1-12(18,9-19-3)8-15-10(17)7-16(2)11-13-5-4-6-14-11/h4-6,18H,7-9H2,1-3H3,(H,15,17). The third-order valence-corrected chi connectivity index (χ3v) is 3.31. The first-order chi connectivity index (χ1) is 8.94. The number of anilines is 1. The van der Waals surface area contributed by atoms with Crippen molar-refractivity contribution in [2.75, 3.05) is 37.0 Å². The van der Waals surface area contributed by atoms with Gasteiger partial charge in [-0.05, 0) is 19.2 Å². The van der Waals surface area contributed by atoms with Crippen molar-refractivity contribution in [3.05, 3.63) is 18.5 Å². The van der Waals surface area contributed by atoms with E-state index < -0.39 is 5.60 Å². The van der Waals surface area contributed by atoms with Crippen LogP contribution in [0.4, 0.5) is 5.95 Å². The lowest BCUT2D eigenvalue weighted by Gasteiger charge is -2.23. The van der Waals surface area contributed by atoms with Crippen molar-refractivity contribution >= 4 is 23.6 Å². The number of hydrogen-bond donors (Lipinski definition) is 2. The van der Waals surface area contributed by atoms with Gasteiger partial charge in [0.1, 0.15) is 0 Å². The second-order valence-corrected chi connectivity index (χ2v) is 5.48. The monoisotopic (exact) mass is 284 g/mol. The quantitative estimate of drug-likeness (QED) is 0.742. The van der Waals surface area contributed by atoms with Gasteiger partial charge in [0.15, 0.2) is 0 Å². The molecule has 2 N–H and O–H groups in total. The summed E-state index contributed by atoms with van der Waals surface area (Å²) in [6, 6.07) is 1.72. The highest BCUT2D eigenvalue weighted by Crippen LogP contribution is 2.09. The Morgan fingerprint density at radius 2 is 2.16 bits per heavy atom. The largest absolute Gasteiger partial charge is 0.387 e. The number of nitrogens with one attached hydrogen (secondary N) is 1. The first-order valence-corrected chi connectivity index (χ1v) is 7.30. The van der Waals surface area contributed by atoms with Gasteiger partial charge in [-0.15, -0.1) is 0 Å². The molecule has 0 saturated carbocycles. The molecule has 0 aliphatic carbocycles. The first kappa shape index (κ1) is 15.7. The second kappa shape index (κ2) is 7.30. The van der Waals surface area contributed by atoms with Crippen LogP contribution in [0.1, 0.15) is 6.92 Å². The van der Waals surface area contributed by atoms with Crippen LogP contribution in [-0.2, 0) is 4.79 Å². The summed E-state index contributed by atoms with van der Waals surface area (Å²) in [5.41, 5.74) is -0.892. The van der Waals surface area contributed by atoms with Gasteiger partial charge >= 0.3 is 0 Å². The van der Waals surface area contributed by atoms with E-state index in [1.807, 2.05) is 6.26 Å². The van der Waals surface area contributed by atoms with Crippen LogP contribution in [0.2, 0.25) is 0 Å². The van der Waals surface area contributed by atoms with Crippen molar-refractivity contribution in [2.24, 2.45) is 0 Å². The molecule has 1 amide bonds. The van der Waals surface area contributed by atoms with E-state index in [1.165, 1.54) is 11.8 Å². The Kier molecular flexibility index (Phi) is 6.04. The van der Waals surface area contributed by atoms with E-state index in [4.69, 9.17) is 0 Å². The molecular formula is C12H20N4O2S. The predicted octanol–water partition coefficient (Wildman–Crippen LogP) is 0.143. The fourth-order valence-corrected chi connectivity index (χ4v) is 2.21. The van der Waals surface area contributed by atoms with Crippen LogP contribution in [0, 0.1) is 0 Å². The Bertz CT molecular complexity index is 400. The highest BCUT2D eigenvalue weighted by molar-refractivity contribution is 7.98. The molecule has 6 nitrogen and oxygen atoms in total. The van der Waals surface area contributed by atoms with Gasteiger partial charge in [0.2, 0.25) is 11.9 Å². The maximum atomic E-state index is 11.8. The van der Waals surface area contributed by atoms with E-state index in [1.54, 1.807) is 37.3 Å². The van der Waals surface area contributed by atoms with Crippen LogP contribution in [0.3, 0.4) is 0 Å². The van der Waals surface area contributed by atoms with Crippen molar-refractivity contribution in [3.63, 3.8) is 0 Å². The molecule has 19 heavy (non-hydrogen) atoms. The molecule has 0 aliphatic rings. The smallest absolute Gasteiger partial charge is 0.239 e. The molecule has 0 spiro atoms. The average Bonchev–Trinajstić information content (AvgIpc) is 2.37. The number of rotatable bonds is 7. The van der Waals surface area contributed by atoms with Gasteiger partial charge in [-0.2, -0.15) is 11.8 Å². The zero-order chi connectivity index (χ0) is 14.3. The second-order valence-electron chi connectivity index (χ2n) is 4.61. The van der Waals surface area contributed by atoms with Crippen LogP contribution >= 0.6 is 11.8 Å². The normalized spacial score (nSPS) is 13.7. The number of aliphatic hydroxyl groups is 1. The van der Waals surface area contributed by atoms with E-state index in [0.717, 1.165) is 0 Å². The molecule has 0 bridgehead atoms. The van der Waals surface area contributed by atoms with E-state index >= 15 is 0 Å². The molecule has 1 heterocycles. The molecule has 0 saturated heterocycles. The van der Waals surface area contributed by atoms with Gasteiger partial charge in [-0.1, -0.05) is 0 Å². The van der Waals surface area contributed by atoms with Gasteiger partial charge in [-0.25, -0.2) is 9.97 Å². The van der Waals surface area contributed by atoms with Crippen LogP contribution in [0.5, 0.6) is 0 Å². The third kappa shape index (κ3) is 5.89. The number of hydrogen-bond acceptors (Lipinski definition) is 6. The molecule has 1 aromatic rings. The van der Waals surface area contributed by atoms with Crippen LogP contribution in [0.15, 0.2) is 18.5 Å². The lowest BCUT2D eigenvalue weighted by molar-refractivity contribution is -0.120. The number of amides is 1. The SMILES string of the molecule is CSCC(C)(O)CNC(=O)CN(C)c1ncccn1. The summed E-state index contributed by atoms with van der Waals surface area (Å²) in [6.07, 6.45) is 5.16. The highest BCUT2D eigenvalue weighted by Gasteiger charge is 2.20. The molecule has 1 atom stereocenters. The molecule has 1 unspecified atom stereocenters. The fourth-order valence-electron chi connectivity index (χ4n) is 1.48. The Balaban J connectivity index is 2.39. The molecule has 0 radical (unpaired) electrons. The Morgan fingerprint density at radius 1 is 1.53 bits per heavy atom. The van der Waals surface area contributed by atoms with E-state index in [2.05, 4.69) is 15.3 Å². The van der Waals surface area contributed by atoms with Gasteiger partial charge in [0.05, 0.1) is 12.1 Å². The number of carbonyl (C=O) groups excluding carboxylic acids is 1. The zero-order valence-corrected chi connectivity index (χ0v) is 12.3. The maximum Gasteiger partial charge on any atom is 0.239 e. The maximum absolute atomic E-state index is 11.8. The summed E-state index contributed by atoms with van der Waals surface area (Å²) >= 11 is 1.54. The van der Waals surface area contributed by atoms with Crippen LogP contribution < -0.4 is 10.2 Å². The minimum atomic E-state index is -0.892. The van der Waals surface area contributed by atoms with Crippen molar-refractivity contribution < 1.29 is 9.90 Å². The molecule has 0 aliphatic heterocycles. The number of carbonyl (C=O) groups is 1. The summed E-state index contributed by atoms with van der Waals surface area (Å²) in [7, 11) is 1.74. The predicted molar refractivity (Wildman–Crippen MR) is 77.3 cm³/mol. The lowest BCUT2D eigenvalue weighted by Crippen LogP contribution is -2.45. The summed E-state index contributed by atoms with van der Waals surface area (Å²) in [4.78, 5) is 21.5. The number of likely N-dealkylation sites (N-methyl/N-ethyl adjacent to an activating group) is 1. The zero-order valence-electron chi connectivity index (χ0n) is 11.5. The molecular weight excluding hydrogens is 264 g/mol. The minimum Gasteiger partial charge on any atom is -0.387 e. The Morgan fingerprint density at radius 3 is 2.74 bits per heavy atom. The Labute approximate surface area is 117 Å². The molecule has 0 fully saturated rings. The highest BCUT2D eigenvalue weighted by atomic mass is 32.2. The molecule has 1 rings (SSSR count). The van der Waals surface area contributed by atoms with E-state index in [-0.39, 0.29) is 19.0 Å². The van der Waals surface area contributed by atoms with E-state index in [0.29, 0.717) is 11.7 Å². The van der Waals surface area contributed by atoms with Gasteiger partial charge < -0.3 is 15.3 Å². The third-order valence-electron chi connectivity index (χ3n) is 2.40. The van der Waals surface area contributed by atoms with Crippen LogP contribution in [-0.4, -0.2) is 58.7 Å². The van der Waals surface area contributed by atoms with Crippen molar-refractivity contribution in [1.29, 1.82) is 0 Å². The van der Waals surface area contributed by atoms with Crippen molar-refractivity contribution in [3.8, 4) is 0 Å². The van der Waals surface area contributed by atoms with Crippen molar-refractivity contribution in [1.82, 2.24) is 15.3 Å². The molecule has 0 aromatic carbocycles. The number of thioether (sulfide) groups is 1. The average molecular weight is 284 g/mol. The fraction of sp³-hybridized carbons (Fsp3) is 0.583. The topological polar surface area (TPSA) is 78.4 Å². The van der Waals surface area contributed by atoms with Gasteiger partial charge in [0, 0.05) is 31.7 Å². The summed E-state index contributed by atoms with van der Waals surface area (Å²) in [5.74, 6) is 0.898. The number of nitrogens with zero attached hydrogens (tertiary/aromatic N) is 3. The summed E-state index contributed by atoms with van der Waals surface area (Å²) in [6.45, 7) is 2.09. The van der Waals surface area contributed by atoms with Crippen LogP contribution in [0.25, 0.3) is 0 Å². The molecule has 106 valence electrons.